The number of hydrogen-bond donors (Lipinski definition) is 2. The summed E-state index contributed by atoms with van der Waals surface area (Å²) in [5.41, 5.74) is 6.53. The zero-order valence-electron chi connectivity index (χ0n) is 9.40. The lowest BCUT2D eigenvalue weighted by Gasteiger charge is -2.00. The third-order valence-corrected chi connectivity index (χ3v) is 4.00. The molecule has 0 aliphatic heterocycles. The van der Waals surface area contributed by atoms with Crippen LogP contribution in [0.2, 0.25) is 0 Å². The lowest BCUT2D eigenvalue weighted by molar-refractivity contribution is 0.683. The molecule has 0 aliphatic carbocycles. The minimum atomic E-state index is 0.645. The van der Waals surface area contributed by atoms with Crippen molar-refractivity contribution in [1.82, 2.24) is 14.9 Å². The van der Waals surface area contributed by atoms with Crippen molar-refractivity contribution < 1.29 is 0 Å². The predicted molar refractivity (Wildman–Crippen MR) is 73.8 cm³/mol. The smallest absolute Gasteiger partial charge is 0.0950 e. The maximum Gasteiger partial charge on any atom is 0.0950 e. The second kappa shape index (κ2) is 6.30. The summed E-state index contributed by atoms with van der Waals surface area (Å²) in [5.74, 6) is 0. The summed E-state index contributed by atoms with van der Waals surface area (Å²) in [7, 11) is 0. The Balaban J connectivity index is 1.77. The van der Waals surface area contributed by atoms with Crippen molar-refractivity contribution in [3.63, 3.8) is 0 Å². The number of nitrogens with zero attached hydrogens (tertiary/aromatic N) is 2. The van der Waals surface area contributed by atoms with Crippen LogP contribution < -0.4 is 11.1 Å². The maximum atomic E-state index is 5.48. The van der Waals surface area contributed by atoms with Crippen LogP contribution in [0, 0.1) is 0 Å². The van der Waals surface area contributed by atoms with Gasteiger partial charge in [-0.3, -0.25) is 0 Å². The number of imidazole rings is 1. The molecule has 0 unspecified atom stereocenters. The van der Waals surface area contributed by atoms with Crippen molar-refractivity contribution in [2.45, 2.75) is 19.6 Å². The van der Waals surface area contributed by atoms with Crippen LogP contribution in [0.25, 0.3) is 0 Å². The van der Waals surface area contributed by atoms with Gasteiger partial charge in [0.2, 0.25) is 0 Å². The van der Waals surface area contributed by atoms with Gasteiger partial charge < -0.3 is 15.6 Å². The van der Waals surface area contributed by atoms with Crippen molar-refractivity contribution >= 4 is 27.3 Å². The lowest BCUT2D eigenvalue weighted by atomic mass is 10.4. The molecule has 0 saturated heterocycles. The van der Waals surface area contributed by atoms with Crippen LogP contribution in [0.5, 0.6) is 0 Å². The molecule has 0 bridgehead atoms. The van der Waals surface area contributed by atoms with Gasteiger partial charge in [-0.05, 0) is 22.0 Å². The zero-order chi connectivity index (χ0) is 12.1. The summed E-state index contributed by atoms with van der Waals surface area (Å²) in [6, 6.07) is 2.13. The molecule has 2 aromatic heterocycles. The average molecular weight is 315 g/mol. The first kappa shape index (κ1) is 12.8. The summed E-state index contributed by atoms with van der Waals surface area (Å²) >= 11 is 5.19. The molecular formula is C11H15BrN4S. The number of hydrogen-bond acceptors (Lipinski definition) is 4. The number of aromatic nitrogens is 2. The largest absolute Gasteiger partial charge is 0.336 e. The second-order valence-electron chi connectivity index (χ2n) is 3.73. The van der Waals surface area contributed by atoms with Gasteiger partial charge in [-0.2, -0.15) is 0 Å². The monoisotopic (exact) mass is 314 g/mol. The fourth-order valence-corrected chi connectivity index (χ4v) is 2.95. The highest BCUT2D eigenvalue weighted by atomic mass is 79.9. The van der Waals surface area contributed by atoms with Crippen LogP contribution in [0.1, 0.15) is 10.6 Å². The highest BCUT2D eigenvalue weighted by Crippen LogP contribution is 2.19. The molecule has 0 atom stereocenters. The van der Waals surface area contributed by atoms with Crippen molar-refractivity contribution in [1.29, 1.82) is 0 Å². The van der Waals surface area contributed by atoms with E-state index in [-0.39, 0.29) is 0 Å². The third kappa shape index (κ3) is 3.92. The van der Waals surface area contributed by atoms with E-state index in [9.17, 15) is 0 Å². The van der Waals surface area contributed by atoms with Crippen molar-refractivity contribution in [3.05, 3.63) is 39.0 Å². The molecule has 4 nitrogen and oxygen atoms in total. The van der Waals surface area contributed by atoms with Crippen molar-refractivity contribution in [2.24, 2.45) is 5.73 Å². The molecule has 0 aliphatic rings. The van der Waals surface area contributed by atoms with Crippen LogP contribution in [0.4, 0.5) is 0 Å². The van der Waals surface area contributed by atoms with Crippen molar-refractivity contribution in [3.8, 4) is 0 Å². The van der Waals surface area contributed by atoms with Crippen LogP contribution in [0.15, 0.2) is 28.4 Å². The van der Waals surface area contributed by atoms with Gasteiger partial charge in [-0.1, -0.05) is 0 Å². The summed E-state index contributed by atoms with van der Waals surface area (Å²) < 4.78 is 3.16. The Hall–Kier alpha value is -0.690. The third-order valence-electron chi connectivity index (χ3n) is 2.30. The van der Waals surface area contributed by atoms with E-state index in [2.05, 4.69) is 37.7 Å². The summed E-state index contributed by atoms with van der Waals surface area (Å²) in [6.07, 6.45) is 3.86. The summed E-state index contributed by atoms with van der Waals surface area (Å²) in [6.45, 7) is 3.13. The van der Waals surface area contributed by atoms with Crippen LogP contribution in [-0.2, 0) is 19.6 Å². The van der Waals surface area contributed by atoms with Gasteiger partial charge >= 0.3 is 0 Å². The van der Waals surface area contributed by atoms with E-state index in [1.165, 1.54) is 4.88 Å². The number of nitrogens with two attached hydrogens (primary N) is 1. The first-order valence-corrected chi connectivity index (χ1v) is 7.09. The van der Waals surface area contributed by atoms with Gasteiger partial charge in [-0.25, -0.2) is 4.98 Å². The molecular weight excluding hydrogens is 300 g/mol. The topological polar surface area (TPSA) is 55.9 Å². The van der Waals surface area contributed by atoms with E-state index in [0.717, 1.165) is 29.8 Å². The lowest BCUT2D eigenvalue weighted by Crippen LogP contribution is -2.12. The van der Waals surface area contributed by atoms with Gasteiger partial charge in [0.05, 0.1) is 12.0 Å². The SMILES string of the molecule is NCCn1cnc(CNCc2cc(Br)cs2)c1. The Bertz CT molecular complexity index is 465. The van der Waals surface area contributed by atoms with Crippen LogP contribution in [0.3, 0.4) is 0 Å². The molecule has 0 saturated carbocycles. The van der Waals surface area contributed by atoms with E-state index >= 15 is 0 Å². The molecule has 0 amide bonds. The Labute approximate surface area is 113 Å². The molecule has 2 rings (SSSR count). The van der Waals surface area contributed by atoms with Gasteiger partial charge in [-0.15, -0.1) is 11.3 Å². The van der Waals surface area contributed by atoms with E-state index < -0.39 is 0 Å². The Morgan fingerprint density at radius 1 is 1.47 bits per heavy atom. The molecule has 3 N–H and O–H groups in total. The highest BCUT2D eigenvalue weighted by Gasteiger charge is 2.00. The van der Waals surface area contributed by atoms with Gasteiger partial charge in [0.1, 0.15) is 0 Å². The van der Waals surface area contributed by atoms with Gasteiger partial charge in [0, 0.05) is 47.1 Å². The molecule has 0 radical (unpaired) electrons. The Morgan fingerprint density at radius 2 is 2.35 bits per heavy atom. The molecule has 2 aromatic rings. The van der Waals surface area contributed by atoms with Crippen LogP contribution in [-0.4, -0.2) is 16.1 Å². The molecule has 0 aromatic carbocycles. The Morgan fingerprint density at radius 3 is 3.06 bits per heavy atom. The molecule has 92 valence electrons. The highest BCUT2D eigenvalue weighted by molar-refractivity contribution is 9.10. The number of thiophene rings is 1. The zero-order valence-corrected chi connectivity index (χ0v) is 11.8. The normalized spacial score (nSPS) is 10.9. The van der Waals surface area contributed by atoms with Gasteiger partial charge in [0.15, 0.2) is 0 Å². The Kier molecular flexibility index (Phi) is 4.73. The molecule has 0 fully saturated rings. The molecule has 0 spiro atoms. The standard InChI is InChI=1S/C11H15BrN4S/c12-9-3-11(17-7-9)5-14-4-10-6-16(2-1-13)8-15-10/h3,6-8,14H,1-2,4-5,13H2. The van der Waals surface area contributed by atoms with E-state index in [1.54, 1.807) is 11.3 Å². The minimum Gasteiger partial charge on any atom is -0.336 e. The second-order valence-corrected chi connectivity index (χ2v) is 5.64. The number of halogens is 1. The van der Waals surface area contributed by atoms with Crippen LogP contribution >= 0.6 is 27.3 Å². The number of nitrogens with one attached hydrogen (secondary N) is 1. The fraction of sp³-hybridized carbons (Fsp3) is 0.364. The van der Waals surface area contributed by atoms with E-state index in [0.29, 0.717) is 6.54 Å². The predicted octanol–water partition coefficient (Wildman–Crippen LogP) is 1.96. The molecule has 6 heteroatoms. The average Bonchev–Trinajstić information content (AvgIpc) is 2.89. The maximum absolute atomic E-state index is 5.48. The number of rotatable bonds is 6. The summed E-state index contributed by atoms with van der Waals surface area (Å²) in [5, 5.41) is 5.46. The van der Waals surface area contributed by atoms with E-state index in [1.807, 2.05) is 17.1 Å². The summed E-state index contributed by atoms with van der Waals surface area (Å²) in [4.78, 5) is 5.63. The van der Waals surface area contributed by atoms with Gasteiger partial charge in [0.25, 0.3) is 0 Å². The van der Waals surface area contributed by atoms with Crippen molar-refractivity contribution in [2.75, 3.05) is 6.54 Å². The fourth-order valence-electron chi connectivity index (χ4n) is 1.53. The quantitative estimate of drug-likeness (QED) is 0.857. The van der Waals surface area contributed by atoms with E-state index in [4.69, 9.17) is 5.73 Å². The first-order valence-electron chi connectivity index (χ1n) is 5.42. The minimum absolute atomic E-state index is 0.645. The molecule has 17 heavy (non-hydrogen) atoms. The molecule has 2 heterocycles. The first-order chi connectivity index (χ1) is 8.28.